The van der Waals surface area contributed by atoms with Crippen molar-refractivity contribution in [1.82, 2.24) is 0 Å². The predicted molar refractivity (Wildman–Crippen MR) is 111 cm³/mol. The quantitative estimate of drug-likeness (QED) is 0.597. The zero-order valence-corrected chi connectivity index (χ0v) is 16.2. The number of carbonyl (C=O) groups excluding carboxylic acids is 2. The molecule has 0 fully saturated rings. The third kappa shape index (κ3) is 4.75. The van der Waals surface area contributed by atoms with Crippen LogP contribution in [0.25, 0.3) is 0 Å². The summed E-state index contributed by atoms with van der Waals surface area (Å²) in [6.07, 6.45) is 0. The van der Waals surface area contributed by atoms with Gasteiger partial charge in [0, 0.05) is 43.3 Å². The van der Waals surface area contributed by atoms with Crippen LogP contribution in [0.4, 0.5) is 17.1 Å². The standard InChI is InChI=1S/C20H19ClN4O3/c1-13(26)22-15-5-3-14(4-6-15)19-24-18(20(27)28-19)23-16-7-9-17(10-8-16)25(2)12-11-21/h3-10H,11-12H2,1-2H3,(H,22,26)/b23-18+. The van der Waals surface area contributed by atoms with Crippen LogP contribution in [0.3, 0.4) is 0 Å². The smallest absolute Gasteiger partial charge is 0.383 e. The molecule has 0 saturated heterocycles. The van der Waals surface area contributed by atoms with Crippen LogP contribution >= 0.6 is 11.6 Å². The van der Waals surface area contributed by atoms with E-state index >= 15 is 0 Å². The number of rotatable bonds is 6. The van der Waals surface area contributed by atoms with Gasteiger partial charge < -0.3 is 15.0 Å². The summed E-state index contributed by atoms with van der Waals surface area (Å²) < 4.78 is 5.22. The van der Waals surface area contributed by atoms with Gasteiger partial charge in [-0.15, -0.1) is 11.6 Å². The Labute approximate surface area is 167 Å². The van der Waals surface area contributed by atoms with Crippen molar-refractivity contribution in [2.24, 2.45) is 9.98 Å². The second kappa shape index (κ2) is 8.67. The first-order chi connectivity index (χ1) is 13.5. The number of nitrogens with one attached hydrogen (secondary N) is 1. The van der Waals surface area contributed by atoms with Crippen molar-refractivity contribution in [3.63, 3.8) is 0 Å². The van der Waals surface area contributed by atoms with Crippen LogP contribution in [-0.4, -0.2) is 43.1 Å². The third-order valence-corrected chi connectivity index (χ3v) is 4.15. The zero-order chi connectivity index (χ0) is 20.1. The molecule has 1 aliphatic rings. The van der Waals surface area contributed by atoms with Gasteiger partial charge in [0.2, 0.25) is 17.6 Å². The summed E-state index contributed by atoms with van der Waals surface area (Å²) in [6, 6.07) is 14.2. The summed E-state index contributed by atoms with van der Waals surface area (Å²) in [6.45, 7) is 2.16. The number of benzene rings is 2. The molecule has 0 aromatic heterocycles. The molecule has 144 valence electrons. The van der Waals surface area contributed by atoms with Gasteiger partial charge >= 0.3 is 5.97 Å². The molecule has 0 aliphatic carbocycles. The van der Waals surface area contributed by atoms with E-state index in [2.05, 4.69) is 15.3 Å². The highest BCUT2D eigenvalue weighted by Gasteiger charge is 2.25. The van der Waals surface area contributed by atoms with Gasteiger partial charge in [-0.05, 0) is 48.5 Å². The van der Waals surface area contributed by atoms with E-state index in [1.54, 1.807) is 36.4 Å². The Bertz CT molecular complexity index is 937. The van der Waals surface area contributed by atoms with E-state index in [0.29, 0.717) is 22.8 Å². The monoisotopic (exact) mass is 398 g/mol. The predicted octanol–water partition coefficient (Wildman–Crippen LogP) is 3.35. The van der Waals surface area contributed by atoms with Crippen molar-refractivity contribution in [2.75, 3.05) is 29.7 Å². The number of alkyl halides is 1. The van der Waals surface area contributed by atoms with E-state index < -0.39 is 5.97 Å². The largest absolute Gasteiger partial charge is 0.401 e. The number of ether oxygens (including phenoxy) is 1. The normalized spacial score (nSPS) is 14.6. The Hall–Kier alpha value is -3.19. The second-order valence-electron chi connectivity index (χ2n) is 6.13. The lowest BCUT2D eigenvalue weighted by molar-refractivity contribution is -0.127. The lowest BCUT2D eigenvalue weighted by Gasteiger charge is -2.17. The summed E-state index contributed by atoms with van der Waals surface area (Å²) in [7, 11) is 1.95. The third-order valence-electron chi connectivity index (χ3n) is 3.98. The minimum Gasteiger partial charge on any atom is -0.401 e. The molecule has 28 heavy (non-hydrogen) atoms. The minimum atomic E-state index is -0.607. The second-order valence-corrected chi connectivity index (χ2v) is 6.51. The van der Waals surface area contributed by atoms with Crippen LogP contribution in [-0.2, 0) is 14.3 Å². The van der Waals surface area contributed by atoms with Crippen LogP contribution in [0.2, 0.25) is 0 Å². The first kappa shape index (κ1) is 19.6. The van der Waals surface area contributed by atoms with Crippen molar-refractivity contribution in [1.29, 1.82) is 0 Å². The van der Waals surface area contributed by atoms with E-state index in [4.69, 9.17) is 16.3 Å². The van der Waals surface area contributed by atoms with E-state index in [9.17, 15) is 9.59 Å². The van der Waals surface area contributed by atoms with Gasteiger partial charge in [-0.3, -0.25) is 4.79 Å². The molecule has 0 atom stereocenters. The number of halogens is 1. The van der Waals surface area contributed by atoms with Gasteiger partial charge in [0.05, 0.1) is 5.69 Å². The van der Waals surface area contributed by atoms with Crippen LogP contribution in [0.5, 0.6) is 0 Å². The number of nitrogens with zero attached hydrogens (tertiary/aromatic N) is 3. The average molecular weight is 399 g/mol. The Morgan fingerprint density at radius 3 is 2.46 bits per heavy atom. The molecule has 0 spiro atoms. The Morgan fingerprint density at radius 1 is 1.18 bits per heavy atom. The van der Waals surface area contributed by atoms with Crippen molar-refractivity contribution >= 4 is 52.3 Å². The molecule has 3 rings (SSSR count). The molecule has 2 aromatic rings. The molecule has 1 heterocycles. The molecule has 1 amide bonds. The maximum atomic E-state index is 12.1. The average Bonchev–Trinajstić information content (AvgIpc) is 3.03. The maximum absolute atomic E-state index is 12.1. The molecule has 0 unspecified atom stereocenters. The number of cyclic esters (lactones) is 1. The molecule has 0 bridgehead atoms. The molecular weight excluding hydrogens is 380 g/mol. The molecule has 7 nitrogen and oxygen atoms in total. The number of hydrogen-bond donors (Lipinski definition) is 1. The maximum Gasteiger partial charge on any atom is 0.383 e. The minimum absolute atomic E-state index is 0.0113. The fraction of sp³-hybridized carbons (Fsp3) is 0.200. The highest BCUT2D eigenvalue weighted by molar-refractivity contribution is 6.44. The number of amides is 1. The van der Waals surface area contributed by atoms with Gasteiger partial charge in [-0.1, -0.05) is 0 Å². The summed E-state index contributed by atoms with van der Waals surface area (Å²) in [5.41, 5.74) is 2.86. The summed E-state index contributed by atoms with van der Waals surface area (Å²) in [5, 5.41) is 2.67. The fourth-order valence-electron chi connectivity index (χ4n) is 2.55. The lowest BCUT2D eigenvalue weighted by Crippen LogP contribution is -2.19. The topological polar surface area (TPSA) is 83.4 Å². The SMILES string of the molecule is CC(=O)Nc1ccc(C2=N/C(=N/c3ccc(N(C)CCCl)cc3)C(=O)O2)cc1. The van der Waals surface area contributed by atoms with Crippen LogP contribution in [0.1, 0.15) is 12.5 Å². The number of anilines is 2. The molecule has 8 heteroatoms. The van der Waals surface area contributed by atoms with Crippen LogP contribution < -0.4 is 10.2 Å². The first-order valence-electron chi connectivity index (χ1n) is 8.61. The van der Waals surface area contributed by atoms with Gasteiger partial charge in [0.1, 0.15) is 0 Å². The van der Waals surface area contributed by atoms with Gasteiger partial charge in [-0.25, -0.2) is 9.79 Å². The highest BCUT2D eigenvalue weighted by Crippen LogP contribution is 2.21. The highest BCUT2D eigenvalue weighted by atomic mass is 35.5. The summed E-state index contributed by atoms with van der Waals surface area (Å²) in [5.74, 6) is -0.0642. The Morgan fingerprint density at radius 2 is 1.86 bits per heavy atom. The molecule has 1 N–H and O–H groups in total. The molecular formula is C20H19ClN4O3. The van der Waals surface area contributed by atoms with Crippen molar-refractivity contribution < 1.29 is 14.3 Å². The summed E-state index contributed by atoms with van der Waals surface area (Å²) in [4.78, 5) is 33.6. The fourth-order valence-corrected chi connectivity index (χ4v) is 2.80. The van der Waals surface area contributed by atoms with Gasteiger partial charge in [0.15, 0.2) is 0 Å². The number of carbonyl (C=O) groups is 2. The molecule has 0 saturated carbocycles. The molecule has 0 radical (unpaired) electrons. The summed E-state index contributed by atoms with van der Waals surface area (Å²) >= 11 is 5.75. The number of hydrogen-bond acceptors (Lipinski definition) is 5. The van der Waals surface area contributed by atoms with Crippen molar-refractivity contribution in [3.05, 3.63) is 54.1 Å². The van der Waals surface area contributed by atoms with E-state index in [0.717, 1.165) is 12.2 Å². The van der Waals surface area contributed by atoms with Gasteiger partial charge in [0.25, 0.3) is 0 Å². The molecule has 2 aromatic carbocycles. The Balaban J connectivity index is 1.76. The Kier molecular flexibility index (Phi) is 6.06. The molecule has 1 aliphatic heterocycles. The van der Waals surface area contributed by atoms with Crippen molar-refractivity contribution in [3.8, 4) is 0 Å². The van der Waals surface area contributed by atoms with Crippen molar-refractivity contribution in [2.45, 2.75) is 6.92 Å². The van der Waals surface area contributed by atoms with Crippen LogP contribution in [0.15, 0.2) is 58.5 Å². The van der Waals surface area contributed by atoms with E-state index in [1.807, 2.05) is 24.1 Å². The number of esters is 1. The lowest BCUT2D eigenvalue weighted by atomic mass is 10.2. The van der Waals surface area contributed by atoms with E-state index in [-0.39, 0.29) is 17.6 Å². The zero-order valence-electron chi connectivity index (χ0n) is 15.5. The van der Waals surface area contributed by atoms with Crippen LogP contribution in [0, 0.1) is 0 Å². The van der Waals surface area contributed by atoms with Gasteiger partial charge in [-0.2, -0.15) is 4.99 Å². The number of aliphatic imine (C=N–C) groups is 2. The first-order valence-corrected chi connectivity index (χ1v) is 9.14. The number of amidine groups is 1. The van der Waals surface area contributed by atoms with E-state index in [1.165, 1.54) is 6.92 Å².